The number of ether oxygens (including phenoxy) is 1. The lowest BCUT2D eigenvalue weighted by Gasteiger charge is -2.44. The predicted molar refractivity (Wildman–Crippen MR) is 72.1 cm³/mol. The number of hydrogen-bond donors (Lipinski definition) is 0. The minimum atomic E-state index is -0.107. The molecule has 2 nitrogen and oxygen atoms in total. The summed E-state index contributed by atoms with van der Waals surface area (Å²) in [6, 6.07) is 12.9. The van der Waals surface area contributed by atoms with Crippen LogP contribution in [0.4, 0.5) is 0 Å². The molecular formula is C16H21NO. The van der Waals surface area contributed by atoms with Crippen LogP contribution in [0.1, 0.15) is 38.7 Å². The summed E-state index contributed by atoms with van der Waals surface area (Å²) in [5.74, 6) is 0. The summed E-state index contributed by atoms with van der Waals surface area (Å²) in [4.78, 5) is 0. The summed E-state index contributed by atoms with van der Waals surface area (Å²) in [5, 5.41) is 9.14. The number of nitrogens with zero attached hydrogens (tertiary/aromatic N) is 1. The Bertz CT molecular complexity index is 432. The lowest BCUT2D eigenvalue weighted by Crippen LogP contribution is -2.42. The van der Waals surface area contributed by atoms with E-state index in [0.717, 1.165) is 25.9 Å². The zero-order chi connectivity index (χ0) is 13.1. The van der Waals surface area contributed by atoms with Crippen molar-refractivity contribution in [2.24, 2.45) is 5.41 Å². The van der Waals surface area contributed by atoms with Gasteiger partial charge in [-0.2, -0.15) is 5.26 Å². The molecule has 1 heterocycles. The van der Waals surface area contributed by atoms with E-state index in [1.54, 1.807) is 0 Å². The van der Waals surface area contributed by atoms with Gasteiger partial charge in [-0.1, -0.05) is 30.3 Å². The highest BCUT2D eigenvalue weighted by atomic mass is 16.5. The molecule has 96 valence electrons. The highest BCUT2D eigenvalue weighted by Crippen LogP contribution is 2.43. The largest absolute Gasteiger partial charge is 0.376 e. The molecule has 18 heavy (non-hydrogen) atoms. The van der Waals surface area contributed by atoms with Gasteiger partial charge in [-0.05, 0) is 44.1 Å². The highest BCUT2D eigenvalue weighted by molar-refractivity contribution is 5.18. The van der Waals surface area contributed by atoms with Crippen molar-refractivity contribution in [3.8, 4) is 6.07 Å². The Morgan fingerprint density at radius 1 is 1.28 bits per heavy atom. The zero-order valence-corrected chi connectivity index (χ0v) is 11.3. The molecule has 1 aromatic carbocycles. The van der Waals surface area contributed by atoms with Gasteiger partial charge in [0.25, 0.3) is 0 Å². The molecule has 1 fully saturated rings. The Labute approximate surface area is 110 Å². The van der Waals surface area contributed by atoms with Gasteiger partial charge in [0.2, 0.25) is 0 Å². The second-order valence-corrected chi connectivity index (χ2v) is 6.03. The van der Waals surface area contributed by atoms with Crippen LogP contribution in [0.2, 0.25) is 0 Å². The van der Waals surface area contributed by atoms with Crippen LogP contribution in [0.15, 0.2) is 30.3 Å². The third-order valence-electron chi connectivity index (χ3n) is 3.80. The topological polar surface area (TPSA) is 33.0 Å². The van der Waals surface area contributed by atoms with Crippen LogP contribution < -0.4 is 0 Å². The fourth-order valence-corrected chi connectivity index (χ4v) is 3.15. The maximum atomic E-state index is 9.14. The first-order valence-electron chi connectivity index (χ1n) is 6.60. The minimum absolute atomic E-state index is 0.0812. The summed E-state index contributed by atoms with van der Waals surface area (Å²) in [7, 11) is 0. The van der Waals surface area contributed by atoms with E-state index in [1.807, 2.05) is 6.07 Å². The molecule has 1 aliphatic rings. The molecule has 1 atom stereocenters. The lowest BCUT2D eigenvalue weighted by atomic mass is 9.68. The van der Waals surface area contributed by atoms with Crippen LogP contribution >= 0.6 is 0 Å². The fourth-order valence-electron chi connectivity index (χ4n) is 3.15. The Balaban J connectivity index is 2.19. The van der Waals surface area contributed by atoms with Gasteiger partial charge >= 0.3 is 0 Å². The van der Waals surface area contributed by atoms with Crippen LogP contribution in [0, 0.1) is 16.7 Å². The fraction of sp³-hybridized carbons (Fsp3) is 0.562. The predicted octanol–water partition coefficient (Wildman–Crippen LogP) is 3.72. The van der Waals surface area contributed by atoms with Crippen LogP contribution in [-0.2, 0) is 11.2 Å². The molecule has 1 aromatic rings. The Morgan fingerprint density at radius 3 is 2.61 bits per heavy atom. The molecule has 2 heteroatoms. The van der Waals surface area contributed by atoms with Crippen molar-refractivity contribution < 1.29 is 4.74 Å². The van der Waals surface area contributed by atoms with Crippen molar-refractivity contribution in [3.63, 3.8) is 0 Å². The highest BCUT2D eigenvalue weighted by Gasteiger charge is 2.40. The Hall–Kier alpha value is -1.33. The molecular weight excluding hydrogens is 222 g/mol. The first-order chi connectivity index (χ1) is 8.55. The quantitative estimate of drug-likeness (QED) is 0.810. The standard InChI is InChI=1S/C16H21NO/c1-15(2)13-16(8-10-17,9-11-18-15)12-14-6-4-3-5-7-14/h3-7H,8-9,11-13H2,1-2H3/t16-/m0/s1. The monoisotopic (exact) mass is 243 g/mol. The maximum absolute atomic E-state index is 9.14. The summed E-state index contributed by atoms with van der Waals surface area (Å²) in [6.45, 7) is 5.02. The third-order valence-corrected chi connectivity index (χ3v) is 3.80. The molecule has 0 aromatic heterocycles. The number of benzene rings is 1. The van der Waals surface area contributed by atoms with Gasteiger partial charge in [-0.25, -0.2) is 0 Å². The maximum Gasteiger partial charge on any atom is 0.0632 e. The summed E-state index contributed by atoms with van der Waals surface area (Å²) in [5.41, 5.74) is 1.30. The van der Waals surface area contributed by atoms with Crippen LogP contribution in [-0.4, -0.2) is 12.2 Å². The van der Waals surface area contributed by atoms with E-state index in [-0.39, 0.29) is 11.0 Å². The summed E-state index contributed by atoms with van der Waals surface area (Å²) >= 11 is 0. The molecule has 0 radical (unpaired) electrons. The molecule has 0 bridgehead atoms. The summed E-state index contributed by atoms with van der Waals surface area (Å²) in [6.07, 6.45) is 3.55. The van der Waals surface area contributed by atoms with Crippen LogP contribution in [0.5, 0.6) is 0 Å². The van der Waals surface area contributed by atoms with Gasteiger partial charge in [-0.15, -0.1) is 0 Å². The Morgan fingerprint density at radius 2 is 2.00 bits per heavy atom. The first kappa shape index (κ1) is 13.1. The Kier molecular flexibility index (Phi) is 3.73. The van der Waals surface area contributed by atoms with E-state index in [4.69, 9.17) is 10.00 Å². The van der Waals surface area contributed by atoms with Gasteiger partial charge in [0.05, 0.1) is 11.7 Å². The molecule has 0 saturated carbocycles. The molecule has 0 spiro atoms. The second kappa shape index (κ2) is 5.12. The van der Waals surface area contributed by atoms with Crippen LogP contribution in [0.25, 0.3) is 0 Å². The van der Waals surface area contributed by atoms with Gasteiger partial charge in [0.15, 0.2) is 0 Å². The van der Waals surface area contributed by atoms with E-state index in [1.165, 1.54) is 5.56 Å². The molecule has 0 N–H and O–H groups in total. The molecule has 1 aliphatic heterocycles. The van der Waals surface area contributed by atoms with E-state index in [9.17, 15) is 0 Å². The molecule has 0 amide bonds. The second-order valence-electron chi connectivity index (χ2n) is 6.03. The minimum Gasteiger partial charge on any atom is -0.376 e. The van der Waals surface area contributed by atoms with Crippen molar-refractivity contribution in [2.45, 2.75) is 45.1 Å². The first-order valence-corrected chi connectivity index (χ1v) is 6.60. The van der Waals surface area contributed by atoms with Crippen LogP contribution in [0.3, 0.4) is 0 Å². The van der Waals surface area contributed by atoms with Crippen molar-refractivity contribution in [1.82, 2.24) is 0 Å². The van der Waals surface area contributed by atoms with E-state index < -0.39 is 0 Å². The van der Waals surface area contributed by atoms with E-state index in [0.29, 0.717) is 6.42 Å². The SMILES string of the molecule is CC1(C)C[C@](CC#N)(Cc2ccccc2)CCO1. The number of hydrogen-bond acceptors (Lipinski definition) is 2. The normalized spacial score (nSPS) is 26.5. The van der Waals surface area contributed by atoms with Gasteiger partial charge in [0.1, 0.15) is 0 Å². The number of nitriles is 1. The van der Waals surface area contributed by atoms with Crippen molar-refractivity contribution in [3.05, 3.63) is 35.9 Å². The van der Waals surface area contributed by atoms with Gasteiger partial charge in [0, 0.05) is 13.0 Å². The third kappa shape index (κ3) is 3.11. The number of rotatable bonds is 3. The van der Waals surface area contributed by atoms with E-state index in [2.05, 4.69) is 44.2 Å². The van der Waals surface area contributed by atoms with Crippen molar-refractivity contribution in [2.75, 3.05) is 6.61 Å². The molecule has 0 aliphatic carbocycles. The van der Waals surface area contributed by atoms with E-state index >= 15 is 0 Å². The molecule has 1 saturated heterocycles. The average Bonchev–Trinajstić information content (AvgIpc) is 2.29. The van der Waals surface area contributed by atoms with Gasteiger partial charge in [-0.3, -0.25) is 0 Å². The zero-order valence-electron chi connectivity index (χ0n) is 11.3. The molecule has 0 unspecified atom stereocenters. The lowest BCUT2D eigenvalue weighted by molar-refractivity contribution is -0.103. The van der Waals surface area contributed by atoms with Crippen molar-refractivity contribution >= 4 is 0 Å². The van der Waals surface area contributed by atoms with Crippen molar-refractivity contribution in [1.29, 1.82) is 5.26 Å². The van der Waals surface area contributed by atoms with Gasteiger partial charge < -0.3 is 4.74 Å². The smallest absolute Gasteiger partial charge is 0.0632 e. The molecule has 2 rings (SSSR count). The average molecular weight is 243 g/mol. The summed E-state index contributed by atoms with van der Waals surface area (Å²) < 4.78 is 5.80.